The number of primary amides is 1. The van der Waals surface area contributed by atoms with Crippen molar-refractivity contribution in [3.63, 3.8) is 0 Å². The summed E-state index contributed by atoms with van der Waals surface area (Å²) in [6, 6.07) is 10.3. The number of nitrogens with one attached hydrogen (secondary N) is 2. The van der Waals surface area contributed by atoms with Gasteiger partial charge in [-0.15, -0.1) is 11.3 Å². The Labute approximate surface area is 198 Å². The van der Waals surface area contributed by atoms with Gasteiger partial charge in [-0.05, 0) is 35.9 Å². The maximum Gasteiger partial charge on any atom is 0.251 e. The van der Waals surface area contributed by atoms with E-state index < -0.39 is 29.4 Å². The summed E-state index contributed by atoms with van der Waals surface area (Å²) in [6.45, 7) is 1.47. The van der Waals surface area contributed by atoms with Crippen LogP contribution in [0.25, 0.3) is 10.4 Å². The van der Waals surface area contributed by atoms with Gasteiger partial charge in [-0.1, -0.05) is 13.0 Å². The van der Waals surface area contributed by atoms with Crippen LogP contribution in [-0.2, 0) is 11.3 Å². The molecule has 2 heterocycles. The number of hydrogen-bond acceptors (Lipinski definition) is 7. The van der Waals surface area contributed by atoms with E-state index in [0.717, 1.165) is 23.5 Å². The van der Waals surface area contributed by atoms with Gasteiger partial charge in [0.1, 0.15) is 28.9 Å². The van der Waals surface area contributed by atoms with Crippen LogP contribution < -0.4 is 16.4 Å². The molecule has 11 heteroatoms. The lowest BCUT2D eigenvalue weighted by Gasteiger charge is -2.11. The van der Waals surface area contributed by atoms with Crippen LogP contribution in [0, 0.1) is 23.0 Å². The zero-order chi connectivity index (χ0) is 24.8. The maximum absolute atomic E-state index is 14.8. The van der Waals surface area contributed by atoms with Crippen molar-refractivity contribution in [1.82, 2.24) is 10.3 Å². The van der Waals surface area contributed by atoms with Gasteiger partial charge in [-0.25, -0.2) is 13.8 Å². The Bertz CT molecular complexity index is 1250. The predicted octanol–water partition coefficient (Wildman–Crippen LogP) is 3.56. The highest BCUT2D eigenvalue weighted by molar-refractivity contribution is 7.20. The third-order valence-corrected chi connectivity index (χ3v) is 5.97. The SMILES string of the molecule is CC(CO)c1cc(F)c(-c2cc(C(N)=O)c(Nc3cccc(CNC(=O)CC#N)n3)s2)c(F)c1. The quantitative estimate of drug-likeness (QED) is 0.365. The van der Waals surface area contributed by atoms with Crippen molar-refractivity contribution >= 4 is 34.0 Å². The average Bonchev–Trinajstić information content (AvgIpc) is 3.20. The molecule has 3 rings (SSSR count). The molecule has 5 N–H and O–H groups in total. The number of hydrogen-bond donors (Lipinski definition) is 4. The Balaban J connectivity index is 1.90. The molecule has 0 radical (unpaired) electrons. The molecule has 0 spiro atoms. The minimum atomic E-state index is -0.827. The van der Waals surface area contributed by atoms with Crippen molar-refractivity contribution in [2.24, 2.45) is 5.73 Å². The molecule has 0 saturated carbocycles. The first-order valence-electron chi connectivity index (χ1n) is 10.1. The van der Waals surface area contributed by atoms with Gasteiger partial charge in [0.05, 0.1) is 29.4 Å². The highest BCUT2D eigenvalue weighted by atomic mass is 32.1. The minimum Gasteiger partial charge on any atom is -0.396 e. The molecule has 1 unspecified atom stereocenters. The molecule has 2 aromatic heterocycles. The third kappa shape index (κ3) is 5.72. The van der Waals surface area contributed by atoms with Crippen LogP contribution >= 0.6 is 11.3 Å². The number of thiophene rings is 1. The molecule has 0 bridgehead atoms. The van der Waals surface area contributed by atoms with Gasteiger partial charge < -0.3 is 21.5 Å². The van der Waals surface area contributed by atoms with Gasteiger partial charge in [0, 0.05) is 17.4 Å². The Morgan fingerprint density at radius 2 is 1.97 bits per heavy atom. The summed E-state index contributed by atoms with van der Waals surface area (Å²) in [6.07, 6.45) is -0.273. The Morgan fingerprint density at radius 3 is 2.59 bits per heavy atom. The topological polar surface area (TPSA) is 141 Å². The summed E-state index contributed by atoms with van der Waals surface area (Å²) in [5.74, 6) is -3.01. The second kappa shape index (κ2) is 10.8. The fourth-order valence-corrected chi connectivity index (χ4v) is 4.21. The molecule has 34 heavy (non-hydrogen) atoms. The average molecular weight is 486 g/mol. The molecule has 0 aliphatic heterocycles. The number of pyridine rings is 1. The van der Waals surface area contributed by atoms with Gasteiger partial charge in [0.2, 0.25) is 5.91 Å². The predicted molar refractivity (Wildman–Crippen MR) is 123 cm³/mol. The summed E-state index contributed by atoms with van der Waals surface area (Å²) in [5, 5.41) is 23.5. The number of aliphatic hydroxyl groups excluding tert-OH is 1. The van der Waals surface area contributed by atoms with E-state index in [0.29, 0.717) is 17.1 Å². The van der Waals surface area contributed by atoms with Gasteiger partial charge in [-0.2, -0.15) is 5.26 Å². The van der Waals surface area contributed by atoms with E-state index in [1.54, 1.807) is 31.2 Å². The fourth-order valence-electron chi connectivity index (χ4n) is 3.10. The van der Waals surface area contributed by atoms with Crippen LogP contribution in [-0.4, -0.2) is 28.5 Å². The molecule has 0 saturated heterocycles. The van der Waals surface area contributed by atoms with E-state index in [1.807, 2.05) is 0 Å². The van der Waals surface area contributed by atoms with E-state index in [2.05, 4.69) is 15.6 Å². The first-order chi connectivity index (χ1) is 16.2. The Hall–Kier alpha value is -3.88. The normalized spacial score (nSPS) is 11.5. The summed E-state index contributed by atoms with van der Waals surface area (Å²) in [7, 11) is 0. The molecule has 1 atom stereocenters. The van der Waals surface area contributed by atoms with Crippen molar-refractivity contribution in [3.05, 3.63) is 64.9 Å². The monoisotopic (exact) mass is 485 g/mol. The number of aliphatic hydroxyl groups is 1. The third-order valence-electron chi connectivity index (χ3n) is 4.91. The number of nitrogens with two attached hydrogens (primary N) is 1. The molecule has 0 fully saturated rings. The smallest absolute Gasteiger partial charge is 0.251 e. The van der Waals surface area contributed by atoms with E-state index in [4.69, 9.17) is 11.0 Å². The number of carbonyl (C=O) groups is 2. The second-order valence-electron chi connectivity index (χ2n) is 7.41. The lowest BCUT2D eigenvalue weighted by Crippen LogP contribution is -2.22. The molecule has 176 valence electrons. The number of rotatable bonds is 9. The van der Waals surface area contributed by atoms with Crippen molar-refractivity contribution in [2.75, 3.05) is 11.9 Å². The number of benzene rings is 1. The number of amides is 2. The van der Waals surface area contributed by atoms with Crippen molar-refractivity contribution in [2.45, 2.75) is 25.8 Å². The molecule has 1 aromatic carbocycles. The zero-order valence-corrected chi connectivity index (χ0v) is 18.9. The molecule has 2 amide bonds. The van der Waals surface area contributed by atoms with Gasteiger partial charge in [0.25, 0.3) is 5.91 Å². The highest BCUT2D eigenvalue weighted by Crippen LogP contribution is 2.39. The number of anilines is 2. The van der Waals surface area contributed by atoms with Gasteiger partial charge >= 0.3 is 0 Å². The summed E-state index contributed by atoms with van der Waals surface area (Å²) in [4.78, 5) is 28.0. The molecular formula is C23H21F2N5O3S. The molecular weight excluding hydrogens is 464 g/mol. The van der Waals surface area contributed by atoms with Crippen molar-refractivity contribution < 1.29 is 23.5 Å². The first kappa shape index (κ1) is 24.8. The van der Waals surface area contributed by atoms with E-state index >= 15 is 0 Å². The summed E-state index contributed by atoms with van der Waals surface area (Å²) >= 11 is 0.928. The number of nitriles is 1. The lowest BCUT2D eigenvalue weighted by atomic mass is 9.99. The standard InChI is InChI=1S/C23H21F2N5O3S/c1-12(11-31)13-7-16(24)21(17(25)8-13)18-9-15(22(27)33)23(34-18)30-19-4-2-3-14(29-19)10-28-20(32)5-6-26/h2-4,7-9,12,31H,5,10-11H2,1H3,(H2,27,33)(H,28,32)(H,29,30). The van der Waals surface area contributed by atoms with Gasteiger partial charge in [-0.3, -0.25) is 9.59 Å². The van der Waals surface area contributed by atoms with E-state index in [-0.39, 0.29) is 40.6 Å². The highest BCUT2D eigenvalue weighted by Gasteiger charge is 2.22. The fraction of sp³-hybridized carbons (Fsp3) is 0.217. The number of nitrogens with zero attached hydrogens (tertiary/aromatic N) is 2. The van der Waals surface area contributed by atoms with E-state index in [1.165, 1.54) is 6.07 Å². The number of halogens is 2. The number of aromatic nitrogens is 1. The van der Waals surface area contributed by atoms with Gasteiger partial charge in [0.15, 0.2) is 0 Å². The largest absolute Gasteiger partial charge is 0.396 e. The van der Waals surface area contributed by atoms with E-state index in [9.17, 15) is 23.5 Å². The molecule has 0 aliphatic carbocycles. The van der Waals surface area contributed by atoms with Crippen molar-refractivity contribution in [3.8, 4) is 16.5 Å². The van der Waals surface area contributed by atoms with Crippen LogP contribution in [0.2, 0.25) is 0 Å². The zero-order valence-electron chi connectivity index (χ0n) is 18.1. The summed E-state index contributed by atoms with van der Waals surface area (Å²) in [5.41, 5.74) is 5.99. The van der Waals surface area contributed by atoms with Crippen LogP contribution in [0.1, 0.15) is 40.9 Å². The van der Waals surface area contributed by atoms with Crippen LogP contribution in [0.4, 0.5) is 19.6 Å². The number of carbonyl (C=O) groups excluding carboxylic acids is 2. The summed E-state index contributed by atoms with van der Waals surface area (Å²) < 4.78 is 29.6. The van der Waals surface area contributed by atoms with Crippen molar-refractivity contribution in [1.29, 1.82) is 5.26 Å². The molecule has 3 aromatic rings. The van der Waals surface area contributed by atoms with Crippen LogP contribution in [0.15, 0.2) is 36.4 Å². The molecule has 8 nitrogen and oxygen atoms in total. The Kier molecular flexibility index (Phi) is 7.88. The van der Waals surface area contributed by atoms with Crippen LogP contribution in [0.5, 0.6) is 0 Å². The first-order valence-corrected chi connectivity index (χ1v) is 11.0. The Morgan fingerprint density at radius 1 is 1.26 bits per heavy atom. The second-order valence-corrected chi connectivity index (χ2v) is 8.46. The molecule has 0 aliphatic rings. The minimum absolute atomic E-state index is 0.0288. The van der Waals surface area contributed by atoms with Crippen LogP contribution in [0.3, 0.4) is 0 Å². The maximum atomic E-state index is 14.8. The lowest BCUT2D eigenvalue weighted by molar-refractivity contribution is -0.120.